The molecule has 0 bridgehead atoms. The monoisotopic (exact) mass is 318 g/mol. The van der Waals surface area contributed by atoms with Crippen LogP contribution in [0.4, 0.5) is 0 Å². The van der Waals surface area contributed by atoms with E-state index >= 15 is 0 Å². The fourth-order valence-corrected chi connectivity index (χ4v) is 4.43. The zero-order valence-electron chi connectivity index (χ0n) is 9.73. The third-order valence-electron chi connectivity index (χ3n) is 2.20. The Hall–Kier alpha value is -1.29. The summed E-state index contributed by atoms with van der Waals surface area (Å²) in [5, 5.41) is 12.2. The van der Waals surface area contributed by atoms with Crippen molar-refractivity contribution in [3.63, 3.8) is 0 Å². The minimum Gasteiger partial charge on any atom is -0.476 e. The molecule has 0 amide bonds. The summed E-state index contributed by atoms with van der Waals surface area (Å²) in [5.74, 6) is -1.13. The smallest absolute Gasteiger partial charge is 0.355 e. The van der Waals surface area contributed by atoms with E-state index < -0.39 is 22.0 Å². The molecule has 1 atom stereocenters. The van der Waals surface area contributed by atoms with Crippen LogP contribution in [-0.4, -0.2) is 24.5 Å². The van der Waals surface area contributed by atoms with Gasteiger partial charge in [-0.2, -0.15) is 0 Å². The van der Waals surface area contributed by atoms with Crippen molar-refractivity contribution in [3.8, 4) is 0 Å². The Bertz CT molecular complexity index is 675. The van der Waals surface area contributed by atoms with Crippen LogP contribution in [-0.2, 0) is 10.0 Å². The predicted octanol–water partition coefficient (Wildman–Crippen LogP) is 1.94. The highest BCUT2D eigenvalue weighted by atomic mass is 32.2. The molecule has 9 heteroatoms. The molecule has 0 saturated heterocycles. The van der Waals surface area contributed by atoms with Gasteiger partial charge >= 0.3 is 5.97 Å². The molecular formula is C10H10N2O4S3. The van der Waals surface area contributed by atoms with E-state index in [0.29, 0.717) is 5.01 Å². The summed E-state index contributed by atoms with van der Waals surface area (Å²) in [6.45, 7) is 1.62. The van der Waals surface area contributed by atoms with Crippen molar-refractivity contribution in [3.05, 3.63) is 33.6 Å². The number of thiophene rings is 1. The summed E-state index contributed by atoms with van der Waals surface area (Å²) >= 11 is 2.22. The number of thiazole rings is 1. The maximum absolute atomic E-state index is 12.0. The first-order valence-electron chi connectivity index (χ1n) is 5.14. The number of aromatic carboxylic acids is 1. The summed E-state index contributed by atoms with van der Waals surface area (Å²) in [7, 11) is -3.59. The molecule has 19 heavy (non-hydrogen) atoms. The highest BCUT2D eigenvalue weighted by Gasteiger charge is 2.21. The van der Waals surface area contributed by atoms with E-state index in [9.17, 15) is 13.2 Å². The maximum Gasteiger partial charge on any atom is 0.355 e. The minimum absolute atomic E-state index is 0.0813. The summed E-state index contributed by atoms with van der Waals surface area (Å²) in [6.07, 6.45) is 0. The highest BCUT2D eigenvalue weighted by molar-refractivity contribution is 7.91. The molecule has 2 aromatic heterocycles. The molecule has 102 valence electrons. The molecule has 2 rings (SSSR count). The van der Waals surface area contributed by atoms with Crippen LogP contribution in [0.2, 0.25) is 0 Å². The van der Waals surface area contributed by atoms with Gasteiger partial charge < -0.3 is 5.11 Å². The molecule has 0 fully saturated rings. The van der Waals surface area contributed by atoms with Crippen LogP contribution >= 0.6 is 22.7 Å². The predicted molar refractivity (Wildman–Crippen MR) is 72.1 cm³/mol. The highest BCUT2D eigenvalue weighted by Crippen LogP contribution is 2.22. The van der Waals surface area contributed by atoms with Gasteiger partial charge in [-0.3, -0.25) is 0 Å². The van der Waals surface area contributed by atoms with Gasteiger partial charge in [0, 0.05) is 5.38 Å². The Morgan fingerprint density at radius 3 is 2.74 bits per heavy atom. The average Bonchev–Trinajstić information content (AvgIpc) is 3.00. The van der Waals surface area contributed by atoms with E-state index in [1.807, 2.05) is 0 Å². The number of carboxylic acids is 1. The number of carbonyl (C=O) groups is 1. The maximum atomic E-state index is 12.0. The van der Waals surface area contributed by atoms with E-state index in [1.54, 1.807) is 18.4 Å². The van der Waals surface area contributed by atoms with Crippen LogP contribution in [0.3, 0.4) is 0 Å². The Balaban J connectivity index is 2.17. The van der Waals surface area contributed by atoms with Gasteiger partial charge in [-0.1, -0.05) is 6.07 Å². The quantitative estimate of drug-likeness (QED) is 0.878. The van der Waals surface area contributed by atoms with Gasteiger partial charge in [0.1, 0.15) is 9.22 Å². The first kappa shape index (κ1) is 14.1. The van der Waals surface area contributed by atoms with Crippen LogP contribution in [0, 0.1) is 0 Å². The van der Waals surface area contributed by atoms with Gasteiger partial charge in [-0.15, -0.1) is 22.7 Å². The van der Waals surface area contributed by atoms with Crippen molar-refractivity contribution >= 4 is 38.7 Å². The topological polar surface area (TPSA) is 96.4 Å². The summed E-state index contributed by atoms with van der Waals surface area (Å²) in [5.41, 5.74) is -0.0813. The van der Waals surface area contributed by atoms with E-state index in [0.717, 1.165) is 22.7 Å². The van der Waals surface area contributed by atoms with Crippen molar-refractivity contribution in [1.82, 2.24) is 9.71 Å². The first-order chi connectivity index (χ1) is 8.90. The second-order valence-corrected chi connectivity index (χ2v) is 7.43. The van der Waals surface area contributed by atoms with Crippen LogP contribution in [0.1, 0.15) is 28.5 Å². The van der Waals surface area contributed by atoms with Crippen LogP contribution in [0.15, 0.2) is 27.1 Å². The number of sulfonamides is 1. The molecule has 0 radical (unpaired) electrons. The fourth-order valence-electron chi connectivity index (χ4n) is 1.34. The van der Waals surface area contributed by atoms with Crippen molar-refractivity contribution in [2.75, 3.05) is 0 Å². The summed E-state index contributed by atoms with van der Waals surface area (Å²) < 4.78 is 26.6. The van der Waals surface area contributed by atoms with Gasteiger partial charge in [0.15, 0.2) is 5.69 Å². The molecule has 2 aromatic rings. The lowest BCUT2D eigenvalue weighted by molar-refractivity contribution is 0.0691. The lowest BCUT2D eigenvalue weighted by Crippen LogP contribution is -2.26. The zero-order valence-corrected chi connectivity index (χ0v) is 12.2. The second kappa shape index (κ2) is 5.37. The molecular weight excluding hydrogens is 308 g/mol. The molecule has 6 nitrogen and oxygen atoms in total. The number of carboxylic acid groups (broad SMARTS) is 1. The Morgan fingerprint density at radius 2 is 2.21 bits per heavy atom. The molecule has 2 N–H and O–H groups in total. The minimum atomic E-state index is -3.59. The van der Waals surface area contributed by atoms with E-state index in [1.165, 1.54) is 11.4 Å². The number of aromatic nitrogens is 1. The number of hydrogen-bond donors (Lipinski definition) is 2. The van der Waals surface area contributed by atoms with Crippen LogP contribution < -0.4 is 4.72 Å². The average molecular weight is 318 g/mol. The van der Waals surface area contributed by atoms with E-state index in [-0.39, 0.29) is 9.90 Å². The van der Waals surface area contributed by atoms with Gasteiger partial charge in [0.25, 0.3) is 10.0 Å². The second-order valence-electron chi connectivity index (χ2n) is 3.65. The van der Waals surface area contributed by atoms with Gasteiger partial charge in [0.2, 0.25) is 0 Å². The zero-order chi connectivity index (χ0) is 14.0. The molecule has 1 unspecified atom stereocenters. The normalized spacial score (nSPS) is 13.3. The molecule has 0 aliphatic carbocycles. The first-order valence-corrected chi connectivity index (χ1v) is 8.39. The third kappa shape index (κ3) is 3.18. The molecule has 0 spiro atoms. The molecule has 0 aliphatic heterocycles. The lowest BCUT2D eigenvalue weighted by Gasteiger charge is -2.10. The fraction of sp³-hybridized carbons (Fsp3) is 0.200. The SMILES string of the molecule is CC(NS(=O)(=O)c1cccs1)c1nc(C(=O)O)cs1. The Morgan fingerprint density at radius 1 is 1.47 bits per heavy atom. The number of nitrogens with one attached hydrogen (secondary N) is 1. The largest absolute Gasteiger partial charge is 0.476 e. The third-order valence-corrected chi connectivity index (χ3v) is 6.17. The molecule has 0 aliphatic rings. The summed E-state index contributed by atoms with van der Waals surface area (Å²) in [4.78, 5) is 14.6. The van der Waals surface area contributed by atoms with E-state index in [4.69, 9.17) is 5.11 Å². The van der Waals surface area contributed by atoms with E-state index in [2.05, 4.69) is 9.71 Å². The van der Waals surface area contributed by atoms with Gasteiger partial charge in [0.05, 0.1) is 6.04 Å². The van der Waals surface area contributed by atoms with Crippen molar-refractivity contribution in [2.45, 2.75) is 17.2 Å². The Kier molecular flexibility index (Phi) is 3.99. The number of hydrogen-bond acceptors (Lipinski definition) is 6. The number of nitrogens with zero attached hydrogens (tertiary/aromatic N) is 1. The van der Waals surface area contributed by atoms with Crippen LogP contribution in [0.25, 0.3) is 0 Å². The van der Waals surface area contributed by atoms with Crippen molar-refractivity contribution < 1.29 is 18.3 Å². The van der Waals surface area contributed by atoms with Crippen molar-refractivity contribution in [1.29, 1.82) is 0 Å². The summed E-state index contributed by atoms with van der Waals surface area (Å²) in [6, 6.07) is 2.57. The molecule has 0 saturated carbocycles. The van der Waals surface area contributed by atoms with Crippen LogP contribution in [0.5, 0.6) is 0 Å². The van der Waals surface area contributed by atoms with Gasteiger partial charge in [-0.05, 0) is 18.4 Å². The van der Waals surface area contributed by atoms with Crippen molar-refractivity contribution in [2.24, 2.45) is 0 Å². The Labute approximate surface area is 117 Å². The standard InChI is InChI=1S/C10H10N2O4S3/c1-6(9-11-7(5-18-9)10(13)14)12-19(15,16)8-3-2-4-17-8/h2-6,12H,1H3,(H,13,14). The molecule has 0 aromatic carbocycles. The lowest BCUT2D eigenvalue weighted by atomic mass is 10.4. The molecule has 2 heterocycles. The van der Waals surface area contributed by atoms with Gasteiger partial charge in [-0.25, -0.2) is 22.9 Å². The number of rotatable bonds is 5.